The van der Waals surface area contributed by atoms with Crippen molar-refractivity contribution in [1.29, 1.82) is 0 Å². The predicted octanol–water partition coefficient (Wildman–Crippen LogP) is 2.41. The molecule has 8 heteroatoms. The minimum atomic E-state index is -0.254. The van der Waals surface area contributed by atoms with Crippen LogP contribution in [-0.2, 0) is 11.3 Å². The van der Waals surface area contributed by atoms with Gasteiger partial charge in [-0.25, -0.2) is 10.1 Å². The van der Waals surface area contributed by atoms with Crippen LogP contribution in [0.15, 0.2) is 44.6 Å². The number of carbonyl (C=O) groups is 1. The summed E-state index contributed by atoms with van der Waals surface area (Å²) >= 11 is 4.93. The number of nitrogens with zero attached hydrogens (tertiary/aromatic N) is 4. The molecule has 3 rings (SSSR count). The maximum atomic E-state index is 11.8. The highest BCUT2D eigenvalue weighted by Gasteiger charge is 2.07. The SMILES string of the molecule is O=C(Cn1nnc2ccccc21)N/N=C/c1csc(Br)c1. The summed E-state index contributed by atoms with van der Waals surface area (Å²) in [4.78, 5) is 11.8. The number of hydrogen-bond donors (Lipinski definition) is 1. The standard InChI is InChI=1S/C13H10BrN5OS/c14-12-5-9(8-21-12)6-15-17-13(20)7-19-11-4-2-1-3-10(11)16-18-19/h1-6,8H,7H2,(H,17,20)/b15-6+. The van der Waals surface area contributed by atoms with Crippen molar-refractivity contribution in [2.45, 2.75) is 6.54 Å². The van der Waals surface area contributed by atoms with Gasteiger partial charge in [0.25, 0.3) is 5.91 Å². The van der Waals surface area contributed by atoms with Gasteiger partial charge in [-0.3, -0.25) is 4.79 Å². The monoisotopic (exact) mass is 363 g/mol. The molecule has 3 aromatic rings. The van der Waals surface area contributed by atoms with Gasteiger partial charge in [-0.05, 0) is 34.1 Å². The first-order valence-electron chi connectivity index (χ1n) is 6.06. The molecule has 1 amide bonds. The van der Waals surface area contributed by atoms with E-state index < -0.39 is 0 Å². The fourth-order valence-corrected chi connectivity index (χ4v) is 2.90. The van der Waals surface area contributed by atoms with E-state index in [1.165, 1.54) is 0 Å². The molecule has 106 valence electrons. The van der Waals surface area contributed by atoms with Crippen LogP contribution in [0.4, 0.5) is 0 Å². The zero-order valence-electron chi connectivity index (χ0n) is 10.7. The highest BCUT2D eigenvalue weighted by Crippen LogP contribution is 2.19. The van der Waals surface area contributed by atoms with E-state index in [0.717, 1.165) is 20.4 Å². The third-order valence-electron chi connectivity index (χ3n) is 2.70. The molecule has 0 bridgehead atoms. The molecule has 21 heavy (non-hydrogen) atoms. The number of fused-ring (bicyclic) bond motifs is 1. The summed E-state index contributed by atoms with van der Waals surface area (Å²) in [6.45, 7) is 0.0746. The summed E-state index contributed by atoms with van der Waals surface area (Å²) in [6.07, 6.45) is 1.60. The van der Waals surface area contributed by atoms with Crippen LogP contribution in [0.3, 0.4) is 0 Å². The Morgan fingerprint density at radius 1 is 1.48 bits per heavy atom. The number of aromatic nitrogens is 3. The lowest BCUT2D eigenvalue weighted by Crippen LogP contribution is -2.23. The number of hydrazone groups is 1. The summed E-state index contributed by atoms with van der Waals surface area (Å²) in [5, 5.41) is 13.8. The first-order chi connectivity index (χ1) is 10.2. The van der Waals surface area contributed by atoms with E-state index in [2.05, 4.69) is 36.8 Å². The minimum Gasteiger partial charge on any atom is -0.271 e. The van der Waals surface area contributed by atoms with Crippen molar-refractivity contribution < 1.29 is 4.79 Å². The van der Waals surface area contributed by atoms with Gasteiger partial charge in [-0.15, -0.1) is 16.4 Å². The Hall–Kier alpha value is -2.06. The quantitative estimate of drug-likeness (QED) is 0.571. The molecule has 2 heterocycles. The van der Waals surface area contributed by atoms with Crippen LogP contribution >= 0.6 is 27.3 Å². The van der Waals surface area contributed by atoms with Gasteiger partial charge in [0.05, 0.1) is 15.5 Å². The van der Waals surface area contributed by atoms with Gasteiger partial charge >= 0.3 is 0 Å². The zero-order chi connectivity index (χ0) is 14.7. The Balaban J connectivity index is 1.63. The van der Waals surface area contributed by atoms with E-state index in [9.17, 15) is 4.79 Å². The van der Waals surface area contributed by atoms with Crippen LogP contribution in [0.1, 0.15) is 5.56 Å². The lowest BCUT2D eigenvalue weighted by Gasteiger charge is -2.00. The van der Waals surface area contributed by atoms with Gasteiger partial charge in [0.2, 0.25) is 0 Å². The number of thiophene rings is 1. The van der Waals surface area contributed by atoms with Crippen molar-refractivity contribution in [2.24, 2.45) is 5.10 Å². The highest BCUT2D eigenvalue weighted by molar-refractivity contribution is 9.11. The van der Waals surface area contributed by atoms with Crippen LogP contribution in [-0.4, -0.2) is 27.1 Å². The number of rotatable bonds is 4. The van der Waals surface area contributed by atoms with Crippen LogP contribution < -0.4 is 5.43 Å². The summed E-state index contributed by atoms with van der Waals surface area (Å²) in [5.74, 6) is -0.254. The number of para-hydroxylation sites is 1. The van der Waals surface area contributed by atoms with E-state index in [-0.39, 0.29) is 12.5 Å². The Morgan fingerprint density at radius 3 is 3.14 bits per heavy atom. The molecule has 2 aromatic heterocycles. The van der Waals surface area contributed by atoms with Crippen molar-refractivity contribution in [3.05, 3.63) is 45.1 Å². The largest absolute Gasteiger partial charge is 0.271 e. The van der Waals surface area contributed by atoms with Crippen molar-refractivity contribution >= 4 is 50.4 Å². The molecular formula is C13H10BrN5OS. The fourth-order valence-electron chi connectivity index (χ4n) is 1.78. The Labute approximate surface area is 132 Å². The van der Waals surface area contributed by atoms with Crippen molar-refractivity contribution in [3.8, 4) is 0 Å². The van der Waals surface area contributed by atoms with E-state index in [1.807, 2.05) is 35.7 Å². The van der Waals surface area contributed by atoms with E-state index in [0.29, 0.717) is 0 Å². The molecular weight excluding hydrogens is 354 g/mol. The molecule has 0 saturated carbocycles. The zero-order valence-corrected chi connectivity index (χ0v) is 13.1. The average Bonchev–Trinajstić information content (AvgIpc) is 3.06. The van der Waals surface area contributed by atoms with Gasteiger partial charge in [0.15, 0.2) is 0 Å². The molecule has 1 aromatic carbocycles. The maximum absolute atomic E-state index is 11.8. The maximum Gasteiger partial charge on any atom is 0.261 e. The summed E-state index contributed by atoms with van der Waals surface area (Å²) < 4.78 is 2.56. The van der Waals surface area contributed by atoms with Crippen LogP contribution in [0.25, 0.3) is 11.0 Å². The van der Waals surface area contributed by atoms with Gasteiger partial charge in [0.1, 0.15) is 12.1 Å². The van der Waals surface area contributed by atoms with Crippen LogP contribution in [0.2, 0.25) is 0 Å². The topological polar surface area (TPSA) is 72.2 Å². The number of halogens is 1. The number of carbonyl (C=O) groups excluding carboxylic acids is 1. The summed E-state index contributed by atoms with van der Waals surface area (Å²) in [6, 6.07) is 9.40. The highest BCUT2D eigenvalue weighted by atomic mass is 79.9. The van der Waals surface area contributed by atoms with E-state index in [1.54, 1.807) is 22.2 Å². The average molecular weight is 364 g/mol. The van der Waals surface area contributed by atoms with Crippen LogP contribution in [0.5, 0.6) is 0 Å². The van der Waals surface area contributed by atoms with Gasteiger partial charge < -0.3 is 0 Å². The van der Waals surface area contributed by atoms with Crippen LogP contribution in [0, 0.1) is 0 Å². The molecule has 1 N–H and O–H groups in total. The first kappa shape index (κ1) is 13.9. The molecule has 0 aliphatic heterocycles. The molecule has 0 spiro atoms. The number of amides is 1. The second-order valence-electron chi connectivity index (χ2n) is 4.21. The number of hydrogen-bond acceptors (Lipinski definition) is 5. The first-order valence-corrected chi connectivity index (χ1v) is 7.74. The number of benzene rings is 1. The lowest BCUT2D eigenvalue weighted by molar-refractivity contribution is -0.121. The third-order valence-corrected chi connectivity index (χ3v) is 4.23. The van der Waals surface area contributed by atoms with Gasteiger partial charge in [0, 0.05) is 10.9 Å². The molecule has 0 radical (unpaired) electrons. The summed E-state index contributed by atoms with van der Waals surface area (Å²) in [7, 11) is 0. The van der Waals surface area contributed by atoms with Crippen molar-refractivity contribution in [2.75, 3.05) is 0 Å². The minimum absolute atomic E-state index is 0.0746. The molecule has 0 saturated heterocycles. The number of nitrogens with one attached hydrogen (secondary N) is 1. The molecule has 0 unspecified atom stereocenters. The molecule has 0 atom stereocenters. The normalized spacial score (nSPS) is 11.3. The van der Waals surface area contributed by atoms with Gasteiger partial charge in [-0.2, -0.15) is 5.10 Å². The van der Waals surface area contributed by atoms with E-state index >= 15 is 0 Å². The Bertz CT molecular complexity index is 810. The summed E-state index contributed by atoms with van der Waals surface area (Å²) in [5.41, 5.74) is 4.98. The molecule has 0 fully saturated rings. The second-order valence-corrected chi connectivity index (χ2v) is 6.50. The molecule has 0 aliphatic carbocycles. The van der Waals surface area contributed by atoms with Gasteiger partial charge in [-0.1, -0.05) is 17.3 Å². The Morgan fingerprint density at radius 2 is 2.33 bits per heavy atom. The fraction of sp³-hybridized carbons (Fsp3) is 0.0769. The molecule has 6 nitrogen and oxygen atoms in total. The van der Waals surface area contributed by atoms with Crippen molar-refractivity contribution in [1.82, 2.24) is 20.4 Å². The molecule has 0 aliphatic rings. The van der Waals surface area contributed by atoms with Crippen molar-refractivity contribution in [3.63, 3.8) is 0 Å². The third kappa shape index (κ3) is 3.34. The van der Waals surface area contributed by atoms with E-state index in [4.69, 9.17) is 0 Å². The second kappa shape index (κ2) is 6.15. The Kier molecular flexibility index (Phi) is 4.07. The predicted molar refractivity (Wildman–Crippen MR) is 85.3 cm³/mol. The smallest absolute Gasteiger partial charge is 0.261 e. The lowest BCUT2D eigenvalue weighted by atomic mass is 10.3.